The molecule has 7 heteroatoms. The van der Waals surface area contributed by atoms with Crippen LogP contribution in [-0.2, 0) is 9.59 Å². The molecule has 6 nitrogen and oxygen atoms in total. The van der Waals surface area contributed by atoms with E-state index < -0.39 is 17.7 Å². The van der Waals surface area contributed by atoms with Gasteiger partial charge in [-0.15, -0.1) is 0 Å². The molecule has 1 saturated heterocycles. The topological polar surface area (TPSA) is 89.9 Å². The lowest BCUT2D eigenvalue weighted by atomic mass is 9.95. The summed E-state index contributed by atoms with van der Waals surface area (Å²) >= 11 is 5.92. The highest BCUT2D eigenvalue weighted by Gasteiger charge is 2.45. The number of likely N-dealkylation sites (tertiary alicyclic amines) is 1. The number of aliphatic hydroxyl groups excluding tert-OH is 2. The van der Waals surface area contributed by atoms with E-state index in [1.54, 1.807) is 24.3 Å². The summed E-state index contributed by atoms with van der Waals surface area (Å²) in [6.45, 7) is 1.45. The zero-order chi connectivity index (χ0) is 20.8. The van der Waals surface area contributed by atoms with Gasteiger partial charge in [0, 0.05) is 23.7 Å². The van der Waals surface area contributed by atoms with Gasteiger partial charge in [-0.2, -0.15) is 0 Å². The number of ketones is 1. The van der Waals surface area contributed by atoms with Crippen molar-refractivity contribution in [1.82, 2.24) is 10.2 Å². The van der Waals surface area contributed by atoms with Crippen LogP contribution >= 0.6 is 11.6 Å². The van der Waals surface area contributed by atoms with Crippen LogP contribution in [0.4, 0.5) is 0 Å². The average molecular weight is 415 g/mol. The van der Waals surface area contributed by atoms with E-state index >= 15 is 0 Å². The average Bonchev–Trinajstić information content (AvgIpc) is 2.99. The Morgan fingerprint density at radius 2 is 1.72 bits per heavy atom. The van der Waals surface area contributed by atoms with E-state index in [0.717, 1.165) is 5.56 Å². The van der Waals surface area contributed by atoms with Crippen LogP contribution in [0.1, 0.15) is 23.6 Å². The quantitative estimate of drug-likeness (QED) is 0.267. The second kappa shape index (κ2) is 9.69. The highest BCUT2D eigenvalue weighted by Crippen LogP contribution is 2.39. The molecule has 1 fully saturated rings. The molecule has 3 N–H and O–H groups in total. The van der Waals surface area contributed by atoms with Crippen LogP contribution in [0, 0.1) is 0 Å². The molecule has 29 heavy (non-hydrogen) atoms. The number of Topliss-reactive ketones (excluding diaryl/α,β-unsaturated/α-hetero) is 1. The maximum atomic E-state index is 12.8. The number of rotatable bonds is 8. The molecule has 0 aliphatic carbocycles. The Labute approximate surface area is 174 Å². The number of benzene rings is 2. The van der Waals surface area contributed by atoms with Crippen molar-refractivity contribution < 1.29 is 19.8 Å². The van der Waals surface area contributed by atoms with Gasteiger partial charge in [0.05, 0.1) is 18.2 Å². The minimum absolute atomic E-state index is 0.0373. The van der Waals surface area contributed by atoms with Gasteiger partial charge in [0.2, 0.25) is 0 Å². The molecule has 0 spiro atoms. The van der Waals surface area contributed by atoms with Crippen molar-refractivity contribution in [3.8, 4) is 0 Å². The lowest BCUT2D eigenvalue weighted by molar-refractivity contribution is -0.139. The van der Waals surface area contributed by atoms with Crippen molar-refractivity contribution >= 4 is 29.1 Å². The molecule has 1 heterocycles. The lowest BCUT2D eigenvalue weighted by Crippen LogP contribution is -2.32. The summed E-state index contributed by atoms with van der Waals surface area (Å²) in [6, 6.07) is 15.0. The standard InChI is InChI=1S/C22H23ClN2O4/c23-17-9-7-16(8-10-17)20(27)18-19(15-5-2-1-3-6-15)25(22(29)21(18)28)13-4-11-24-12-14-26/h1-3,5-10,19,24,26-27H,4,11-14H2/t19-/m1/s1. The van der Waals surface area contributed by atoms with Crippen molar-refractivity contribution in [3.05, 3.63) is 76.3 Å². The third-order valence-corrected chi connectivity index (χ3v) is 5.07. The molecule has 0 saturated carbocycles. The Kier molecular flexibility index (Phi) is 7.04. The predicted molar refractivity (Wildman–Crippen MR) is 111 cm³/mol. The Morgan fingerprint density at radius 1 is 1.03 bits per heavy atom. The number of nitrogens with zero attached hydrogens (tertiary/aromatic N) is 1. The van der Waals surface area contributed by atoms with Crippen LogP contribution < -0.4 is 5.32 Å². The minimum atomic E-state index is -0.699. The first-order valence-electron chi connectivity index (χ1n) is 9.45. The maximum absolute atomic E-state index is 12.8. The van der Waals surface area contributed by atoms with Crippen molar-refractivity contribution in [2.75, 3.05) is 26.2 Å². The van der Waals surface area contributed by atoms with Gasteiger partial charge in [0.1, 0.15) is 5.76 Å². The van der Waals surface area contributed by atoms with Crippen molar-refractivity contribution in [2.24, 2.45) is 0 Å². The van der Waals surface area contributed by atoms with E-state index in [2.05, 4.69) is 5.32 Å². The van der Waals surface area contributed by atoms with E-state index in [1.165, 1.54) is 4.90 Å². The zero-order valence-corrected chi connectivity index (χ0v) is 16.6. The minimum Gasteiger partial charge on any atom is -0.507 e. The number of hydrogen-bond acceptors (Lipinski definition) is 5. The normalized spacial score (nSPS) is 18.4. The molecular formula is C22H23ClN2O4. The molecule has 1 amide bonds. The number of carbonyl (C=O) groups excluding carboxylic acids is 2. The van der Waals surface area contributed by atoms with Crippen molar-refractivity contribution in [2.45, 2.75) is 12.5 Å². The maximum Gasteiger partial charge on any atom is 0.295 e. The third kappa shape index (κ3) is 4.67. The van der Waals surface area contributed by atoms with E-state index in [-0.39, 0.29) is 17.9 Å². The number of aliphatic hydroxyl groups is 2. The summed E-state index contributed by atoms with van der Waals surface area (Å²) in [5.41, 5.74) is 1.26. The first-order chi connectivity index (χ1) is 14.0. The fraction of sp³-hybridized carbons (Fsp3) is 0.273. The smallest absolute Gasteiger partial charge is 0.295 e. The van der Waals surface area contributed by atoms with Gasteiger partial charge >= 0.3 is 0 Å². The number of hydrogen-bond donors (Lipinski definition) is 3. The van der Waals surface area contributed by atoms with Crippen LogP contribution in [0.3, 0.4) is 0 Å². The molecule has 152 valence electrons. The monoisotopic (exact) mass is 414 g/mol. The fourth-order valence-corrected chi connectivity index (χ4v) is 3.56. The summed E-state index contributed by atoms with van der Waals surface area (Å²) in [7, 11) is 0. The Hall–Kier alpha value is -2.67. The van der Waals surface area contributed by atoms with E-state index in [1.807, 2.05) is 30.3 Å². The van der Waals surface area contributed by atoms with Gasteiger partial charge in [-0.3, -0.25) is 9.59 Å². The van der Waals surface area contributed by atoms with E-state index in [0.29, 0.717) is 36.6 Å². The molecule has 1 aliphatic rings. The van der Waals surface area contributed by atoms with Crippen LogP contribution in [0.5, 0.6) is 0 Å². The Bertz CT molecular complexity index is 897. The molecule has 2 aromatic carbocycles. The molecule has 0 bridgehead atoms. The second-order valence-corrected chi connectivity index (χ2v) is 7.17. The van der Waals surface area contributed by atoms with Crippen LogP contribution in [0.15, 0.2) is 60.2 Å². The van der Waals surface area contributed by atoms with Gasteiger partial charge in [0.15, 0.2) is 0 Å². The largest absolute Gasteiger partial charge is 0.507 e. The number of nitrogens with one attached hydrogen (secondary N) is 1. The third-order valence-electron chi connectivity index (χ3n) is 4.81. The molecule has 3 rings (SSSR count). The van der Waals surface area contributed by atoms with Crippen LogP contribution in [-0.4, -0.2) is 53.0 Å². The number of carbonyl (C=O) groups is 2. The van der Waals surface area contributed by atoms with Crippen molar-refractivity contribution in [1.29, 1.82) is 0 Å². The molecule has 0 unspecified atom stereocenters. The summed E-state index contributed by atoms with van der Waals surface area (Å²) in [6.07, 6.45) is 0.608. The second-order valence-electron chi connectivity index (χ2n) is 6.74. The summed E-state index contributed by atoms with van der Waals surface area (Å²) in [5.74, 6) is -1.54. The molecule has 1 aliphatic heterocycles. The first kappa shape index (κ1) is 21.0. The van der Waals surface area contributed by atoms with Gasteiger partial charge in [-0.25, -0.2) is 0 Å². The molecule has 0 aromatic heterocycles. The highest BCUT2D eigenvalue weighted by molar-refractivity contribution is 6.46. The summed E-state index contributed by atoms with van der Waals surface area (Å²) in [5, 5.41) is 23.3. The summed E-state index contributed by atoms with van der Waals surface area (Å²) in [4.78, 5) is 27.1. The molecular weight excluding hydrogens is 392 g/mol. The molecule has 1 atom stereocenters. The number of halogens is 1. The van der Waals surface area contributed by atoms with Gasteiger partial charge in [-0.1, -0.05) is 41.9 Å². The van der Waals surface area contributed by atoms with Gasteiger partial charge in [-0.05, 0) is 42.8 Å². The first-order valence-corrected chi connectivity index (χ1v) is 9.83. The van der Waals surface area contributed by atoms with Gasteiger partial charge < -0.3 is 20.4 Å². The van der Waals surface area contributed by atoms with Crippen LogP contribution in [0.25, 0.3) is 5.76 Å². The van der Waals surface area contributed by atoms with Crippen LogP contribution in [0.2, 0.25) is 5.02 Å². The van der Waals surface area contributed by atoms with Crippen molar-refractivity contribution in [3.63, 3.8) is 0 Å². The molecule has 2 aromatic rings. The lowest BCUT2D eigenvalue weighted by Gasteiger charge is -2.25. The number of amides is 1. The highest BCUT2D eigenvalue weighted by atomic mass is 35.5. The van der Waals surface area contributed by atoms with E-state index in [4.69, 9.17) is 16.7 Å². The van der Waals surface area contributed by atoms with Gasteiger partial charge in [0.25, 0.3) is 11.7 Å². The Morgan fingerprint density at radius 3 is 2.38 bits per heavy atom. The zero-order valence-electron chi connectivity index (χ0n) is 15.8. The predicted octanol–water partition coefficient (Wildman–Crippen LogP) is 2.73. The SMILES string of the molecule is O=C1C(=O)N(CCCNCCO)[C@H](c2ccccc2)C1=C(O)c1ccc(Cl)cc1. The Balaban J connectivity index is 1.97. The fourth-order valence-electron chi connectivity index (χ4n) is 3.43. The summed E-state index contributed by atoms with van der Waals surface area (Å²) < 4.78 is 0. The van der Waals surface area contributed by atoms with E-state index in [9.17, 15) is 14.7 Å². The molecule has 0 radical (unpaired) electrons.